The summed E-state index contributed by atoms with van der Waals surface area (Å²) in [4.78, 5) is 0. The first-order valence-corrected chi connectivity index (χ1v) is 14.1. The van der Waals surface area contributed by atoms with Crippen LogP contribution in [0.1, 0.15) is 89.2 Å². The molecule has 184 valence electrons. The molecule has 2 rings (SSSR count). The van der Waals surface area contributed by atoms with Crippen LogP contribution in [0.25, 0.3) is 0 Å². The summed E-state index contributed by atoms with van der Waals surface area (Å²) in [5.41, 5.74) is 7.09. The van der Waals surface area contributed by atoms with Crippen molar-refractivity contribution in [2.75, 3.05) is 11.9 Å². The van der Waals surface area contributed by atoms with Gasteiger partial charge in [0.2, 0.25) is 0 Å². The van der Waals surface area contributed by atoms with Gasteiger partial charge in [-0.3, -0.25) is 0 Å². The Kier molecular flexibility index (Phi) is 13.7. The molecule has 0 amide bonds. The van der Waals surface area contributed by atoms with Crippen LogP contribution in [-0.2, 0) is 6.42 Å². The second-order valence-corrected chi connectivity index (χ2v) is 10.4. The fourth-order valence-electron chi connectivity index (χ4n) is 5.10. The van der Waals surface area contributed by atoms with Gasteiger partial charge >= 0.3 is 0 Å². The summed E-state index contributed by atoms with van der Waals surface area (Å²) >= 11 is 0. The maximum absolute atomic E-state index is 6.83. The molecule has 0 saturated heterocycles. The van der Waals surface area contributed by atoms with Crippen LogP contribution in [0.15, 0.2) is 44.0 Å². The highest BCUT2D eigenvalue weighted by Crippen LogP contribution is 2.43. The number of rotatable bonds is 14. The van der Waals surface area contributed by atoms with Gasteiger partial charge in [-0.25, -0.2) is 0 Å². The first kappa shape index (κ1) is 34.3. The normalized spacial score (nSPS) is 16.6. The van der Waals surface area contributed by atoms with Gasteiger partial charge in [-0.2, -0.15) is 0 Å². The molecular weight excluding hydrogens is 472 g/mol. The molecule has 1 nitrogen and oxygen atoms in total. The zero-order valence-corrected chi connectivity index (χ0v) is 24.4. The van der Waals surface area contributed by atoms with Crippen LogP contribution >= 0.6 is 0 Å². The fourth-order valence-corrected chi connectivity index (χ4v) is 5.10. The molecule has 1 aliphatic rings. The van der Waals surface area contributed by atoms with Crippen molar-refractivity contribution in [2.24, 2.45) is 0 Å². The highest BCUT2D eigenvalue weighted by molar-refractivity contribution is 6.54. The Bertz CT molecular complexity index is 1260. The number of benzene rings is 1. The minimum Gasteiger partial charge on any atom is -0.382 e. The van der Waals surface area contributed by atoms with Crippen LogP contribution in [-0.4, -0.2) is 77.2 Å². The molecule has 10 heteroatoms. The Balaban J connectivity index is 2.70. The standard InChI is InChI=1S/C30H32B9N/c1-5-9-12-16(19(31)8-4)23(33)20(32)15-40-30-22(25(35)18(14-11-7-3)27(37)29(30)39)21-24(34)17(13-10-6-2)26(36)28(21)38/h4,21,40H,5-7,9-15H2,1-3H3/b19-16+,23-20-. The van der Waals surface area contributed by atoms with Crippen molar-refractivity contribution < 1.29 is 0 Å². The Morgan fingerprint density at radius 3 is 1.98 bits per heavy atom. The Morgan fingerprint density at radius 2 is 1.40 bits per heavy atom. The quantitative estimate of drug-likeness (QED) is 0.232. The predicted molar refractivity (Wildman–Crippen MR) is 183 cm³/mol. The molecule has 1 aliphatic carbocycles. The van der Waals surface area contributed by atoms with E-state index in [1.54, 1.807) is 0 Å². The van der Waals surface area contributed by atoms with Crippen LogP contribution in [0.4, 0.5) is 5.69 Å². The zero-order valence-electron chi connectivity index (χ0n) is 24.4. The lowest BCUT2D eigenvalue weighted by atomic mass is 9.62. The molecule has 1 unspecified atom stereocenters. The highest BCUT2D eigenvalue weighted by atomic mass is 14.9. The van der Waals surface area contributed by atoms with Crippen molar-refractivity contribution in [1.82, 2.24) is 0 Å². The van der Waals surface area contributed by atoms with Crippen LogP contribution in [0, 0.1) is 12.3 Å². The summed E-state index contributed by atoms with van der Waals surface area (Å²) in [5.74, 6) is 1.92. The Morgan fingerprint density at radius 1 is 0.800 bits per heavy atom. The van der Waals surface area contributed by atoms with E-state index in [1.165, 1.54) is 0 Å². The fraction of sp³-hybridized carbons (Fsp3) is 0.467. The number of anilines is 1. The summed E-state index contributed by atoms with van der Waals surface area (Å²) in [6.45, 7) is 6.40. The van der Waals surface area contributed by atoms with Crippen LogP contribution in [0.2, 0.25) is 0 Å². The second-order valence-electron chi connectivity index (χ2n) is 10.4. The van der Waals surface area contributed by atoms with Gasteiger partial charge in [-0.15, -0.1) is 33.8 Å². The third-order valence-electron chi connectivity index (χ3n) is 7.61. The van der Waals surface area contributed by atoms with E-state index in [0.29, 0.717) is 73.4 Å². The molecule has 40 heavy (non-hydrogen) atoms. The van der Waals surface area contributed by atoms with Crippen molar-refractivity contribution in [2.45, 2.75) is 84.5 Å². The van der Waals surface area contributed by atoms with Gasteiger partial charge in [0.1, 0.15) is 70.6 Å². The molecule has 0 bridgehead atoms. The zero-order chi connectivity index (χ0) is 30.1. The number of unbranched alkanes of at least 4 members (excludes halogenated alkanes) is 3. The molecule has 0 heterocycles. The molecule has 0 spiro atoms. The molecule has 1 atom stereocenters. The van der Waals surface area contributed by atoms with Crippen LogP contribution in [0.3, 0.4) is 0 Å². The maximum atomic E-state index is 6.83. The topological polar surface area (TPSA) is 12.0 Å². The van der Waals surface area contributed by atoms with Crippen LogP contribution < -0.4 is 21.7 Å². The van der Waals surface area contributed by atoms with E-state index in [4.69, 9.17) is 77.0 Å². The number of hydrogen-bond acceptors (Lipinski definition) is 1. The van der Waals surface area contributed by atoms with Crippen molar-refractivity contribution in [3.05, 3.63) is 55.1 Å². The molecule has 1 aromatic rings. The Hall–Kier alpha value is -1.88. The minimum atomic E-state index is -0.558. The van der Waals surface area contributed by atoms with E-state index in [2.05, 4.69) is 32.0 Å². The lowest BCUT2D eigenvalue weighted by Gasteiger charge is -2.30. The maximum Gasteiger partial charge on any atom is 0.126 e. The highest BCUT2D eigenvalue weighted by Gasteiger charge is 2.30. The largest absolute Gasteiger partial charge is 0.382 e. The molecule has 1 aromatic carbocycles. The van der Waals surface area contributed by atoms with Crippen molar-refractivity contribution in [3.8, 4) is 12.3 Å². The second kappa shape index (κ2) is 15.9. The van der Waals surface area contributed by atoms with E-state index >= 15 is 0 Å². The van der Waals surface area contributed by atoms with E-state index in [9.17, 15) is 0 Å². The lowest BCUT2D eigenvalue weighted by molar-refractivity contribution is 0.794. The van der Waals surface area contributed by atoms with Gasteiger partial charge in [0.25, 0.3) is 0 Å². The Labute approximate surface area is 255 Å². The van der Waals surface area contributed by atoms with Crippen molar-refractivity contribution >= 4 is 92.7 Å². The number of allylic oxidation sites excluding steroid dienone is 7. The monoisotopic (exact) mass is 505 g/mol. The first-order valence-electron chi connectivity index (χ1n) is 14.1. The predicted octanol–water partition coefficient (Wildman–Crippen LogP) is 1.88. The molecule has 1 N–H and O–H groups in total. The number of nitrogens with one attached hydrogen (secondary N) is 1. The molecule has 0 fully saturated rings. The SMILES string of the molecule is [B]C1=C([B])C(c2c([B])c(CCCC)c([B])c([B])c2NC/C([B])=C([B])\C(CCCC)=C(\[B])C#C)C([B])=C1CCCC. The van der Waals surface area contributed by atoms with E-state index in [1.807, 2.05) is 0 Å². The minimum absolute atomic E-state index is 0.127. The van der Waals surface area contributed by atoms with Gasteiger partial charge in [-0.1, -0.05) is 79.1 Å². The third kappa shape index (κ3) is 7.49. The molecular formula is C30H32B9N. The van der Waals surface area contributed by atoms with Gasteiger partial charge in [-0.05, 0) is 49.6 Å². The van der Waals surface area contributed by atoms with Gasteiger partial charge in [0.15, 0.2) is 0 Å². The smallest absolute Gasteiger partial charge is 0.126 e. The van der Waals surface area contributed by atoms with Crippen molar-refractivity contribution in [1.29, 1.82) is 0 Å². The van der Waals surface area contributed by atoms with E-state index in [0.717, 1.165) is 56.1 Å². The van der Waals surface area contributed by atoms with Crippen LogP contribution in [0.5, 0.6) is 0 Å². The molecule has 0 aromatic heterocycles. The molecule has 18 radical (unpaired) electrons. The summed E-state index contributed by atoms with van der Waals surface area (Å²) in [5, 5.41) is 3.33. The number of terminal acetylenes is 1. The van der Waals surface area contributed by atoms with Gasteiger partial charge in [0, 0.05) is 18.2 Å². The summed E-state index contributed by atoms with van der Waals surface area (Å²) in [6.07, 6.45) is 13.1. The lowest BCUT2D eigenvalue weighted by Crippen LogP contribution is -2.41. The molecule has 0 saturated carbocycles. The first-order chi connectivity index (χ1) is 19.0. The van der Waals surface area contributed by atoms with Gasteiger partial charge < -0.3 is 5.32 Å². The summed E-state index contributed by atoms with van der Waals surface area (Å²) in [6, 6.07) is 0. The summed E-state index contributed by atoms with van der Waals surface area (Å²) in [7, 11) is 58.8. The van der Waals surface area contributed by atoms with E-state index < -0.39 is 5.92 Å². The van der Waals surface area contributed by atoms with Gasteiger partial charge in [0.05, 0.1) is 0 Å². The average molecular weight is 504 g/mol. The third-order valence-corrected chi connectivity index (χ3v) is 7.61. The summed E-state index contributed by atoms with van der Waals surface area (Å²) < 4.78 is 0. The molecule has 0 aliphatic heterocycles. The van der Waals surface area contributed by atoms with Crippen molar-refractivity contribution in [3.63, 3.8) is 0 Å². The van der Waals surface area contributed by atoms with E-state index in [-0.39, 0.29) is 12.0 Å². The number of hydrogen-bond donors (Lipinski definition) is 1. The average Bonchev–Trinajstić information content (AvgIpc) is 3.15.